The first-order chi connectivity index (χ1) is 11.7. The number of nitrogens with zero attached hydrogens (tertiary/aromatic N) is 1. The van der Waals surface area contributed by atoms with E-state index in [0.29, 0.717) is 19.4 Å². The molecule has 1 aromatic carbocycles. The molecule has 24 heavy (non-hydrogen) atoms. The van der Waals surface area contributed by atoms with Crippen LogP contribution in [0.5, 0.6) is 0 Å². The normalized spacial score (nSPS) is 10.7. The summed E-state index contributed by atoms with van der Waals surface area (Å²) < 4.78 is 0. The summed E-state index contributed by atoms with van der Waals surface area (Å²) in [5, 5.41) is 3.96. The van der Waals surface area contributed by atoms with Crippen molar-refractivity contribution in [2.24, 2.45) is 0 Å². The summed E-state index contributed by atoms with van der Waals surface area (Å²) in [4.78, 5) is 20.3. The molecule has 4 nitrogen and oxygen atoms in total. The molecule has 122 valence electrons. The van der Waals surface area contributed by atoms with Gasteiger partial charge in [0.15, 0.2) is 0 Å². The summed E-state index contributed by atoms with van der Waals surface area (Å²) in [6, 6.07) is 12.1. The van der Waals surface area contributed by atoms with Crippen LogP contribution in [0.15, 0.2) is 60.1 Å². The number of thiol groups is 1. The van der Waals surface area contributed by atoms with Crippen LogP contribution in [0, 0.1) is 0 Å². The molecule has 5 heteroatoms. The summed E-state index contributed by atoms with van der Waals surface area (Å²) in [7, 11) is 0. The van der Waals surface area contributed by atoms with Crippen LogP contribution in [0.4, 0.5) is 0 Å². The Kier molecular flexibility index (Phi) is 5.01. The maximum absolute atomic E-state index is 11.6. The molecule has 2 heterocycles. The zero-order valence-corrected chi connectivity index (χ0v) is 14.1. The molecule has 0 unspecified atom stereocenters. The smallest absolute Gasteiger partial charge is 0.223 e. The average Bonchev–Trinajstić information content (AvgIpc) is 2.94. The molecule has 1 amide bonds. The van der Waals surface area contributed by atoms with Crippen LogP contribution in [-0.2, 0) is 11.2 Å². The highest BCUT2D eigenvalue weighted by Gasteiger charge is 2.14. The topological polar surface area (TPSA) is 57.8 Å². The lowest BCUT2D eigenvalue weighted by Gasteiger charge is -2.07. The number of H-pyrrole nitrogens is 1. The number of hydrogen-bond donors (Lipinski definition) is 3. The maximum atomic E-state index is 11.6. The van der Waals surface area contributed by atoms with Crippen molar-refractivity contribution in [3.8, 4) is 11.3 Å². The molecule has 2 N–H and O–H groups in total. The summed E-state index contributed by atoms with van der Waals surface area (Å²) in [5.74, 6) is -0.0147. The number of carbonyl (C=O) groups is 1. The predicted octanol–water partition coefficient (Wildman–Crippen LogP) is 3.75. The fourth-order valence-electron chi connectivity index (χ4n) is 2.75. The minimum atomic E-state index is -0.0147. The third-order valence-electron chi connectivity index (χ3n) is 3.83. The lowest BCUT2D eigenvalue weighted by Crippen LogP contribution is -2.24. The Morgan fingerprint density at radius 3 is 2.88 bits per heavy atom. The van der Waals surface area contributed by atoms with Crippen LogP contribution in [0.2, 0.25) is 0 Å². The van der Waals surface area contributed by atoms with Gasteiger partial charge in [-0.1, -0.05) is 36.4 Å². The second-order valence-corrected chi connectivity index (χ2v) is 6.04. The van der Waals surface area contributed by atoms with Gasteiger partial charge in [-0.2, -0.15) is 0 Å². The van der Waals surface area contributed by atoms with Crippen LogP contribution in [0.1, 0.15) is 12.0 Å². The van der Waals surface area contributed by atoms with Gasteiger partial charge in [0.25, 0.3) is 0 Å². The molecule has 0 spiro atoms. The van der Waals surface area contributed by atoms with E-state index in [0.717, 1.165) is 32.7 Å². The fourth-order valence-corrected chi connectivity index (χ4v) is 2.94. The Labute approximate surface area is 146 Å². The average molecular weight is 337 g/mol. The lowest BCUT2D eigenvalue weighted by molar-refractivity contribution is -0.120. The molecular formula is C19H19N3OS. The third-order valence-corrected chi connectivity index (χ3v) is 4.08. The molecule has 0 aliphatic heterocycles. The molecule has 0 atom stereocenters. The van der Waals surface area contributed by atoms with E-state index in [1.54, 1.807) is 12.3 Å². The molecule has 2 aromatic heterocycles. The Balaban J connectivity index is 1.95. The number of rotatable bonds is 6. The first-order valence-electron chi connectivity index (χ1n) is 7.81. The minimum Gasteiger partial charge on any atom is -0.356 e. The van der Waals surface area contributed by atoms with E-state index in [1.165, 1.54) is 0 Å². The Morgan fingerprint density at radius 1 is 1.33 bits per heavy atom. The zero-order chi connectivity index (χ0) is 16.9. The standard InChI is InChI=1S/C19H19N3OS/c1-2-6-17(23)20-10-9-15-16-11-14(24)12-21-19(16)22-18(15)13-7-4-3-5-8-13/h2-5,7-8,11-12,24H,1,6,9-10H2,(H,20,23)(H,21,22). The van der Waals surface area contributed by atoms with Crippen LogP contribution in [-0.4, -0.2) is 22.4 Å². The van der Waals surface area contributed by atoms with Crippen molar-refractivity contribution in [3.63, 3.8) is 0 Å². The first-order valence-corrected chi connectivity index (χ1v) is 8.26. The SMILES string of the molecule is C=CCC(=O)NCCc1c(-c2ccccc2)[nH]c2ncc(S)cc12. The van der Waals surface area contributed by atoms with Gasteiger partial charge in [0.1, 0.15) is 5.65 Å². The Hall–Kier alpha value is -2.53. The van der Waals surface area contributed by atoms with Crippen LogP contribution < -0.4 is 5.32 Å². The van der Waals surface area contributed by atoms with Crippen molar-refractivity contribution in [1.82, 2.24) is 15.3 Å². The predicted molar refractivity (Wildman–Crippen MR) is 100 cm³/mol. The number of aromatic nitrogens is 2. The van der Waals surface area contributed by atoms with E-state index in [9.17, 15) is 4.79 Å². The van der Waals surface area contributed by atoms with E-state index in [-0.39, 0.29) is 5.91 Å². The van der Waals surface area contributed by atoms with Crippen LogP contribution in [0.25, 0.3) is 22.3 Å². The van der Waals surface area contributed by atoms with Crippen molar-refractivity contribution in [2.75, 3.05) is 6.54 Å². The maximum Gasteiger partial charge on any atom is 0.223 e. The molecule has 3 rings (SSSR count). The quantitative estimate of drug-likeness (QED) is 0.474. The molecular weight excluding hydrogens is 318 g/mol. The Morgan fingerprint density at radius 2 is 2.12 bits per heavy atom. The van der Waals surface area contributed by atoms with Crippen molar-refractivity contribution in [1.29, 1.82) is 0 Å². The van der Waals surface area contributed by atoms with Gasteiger partial charge in [-0.3, -0.25) is 4.79 Å². The molecule has 0 bridgehead atoms. The number of hydrogen-bond acceptors (Lipinski definition) is 3. The van der Waals surface area contributed by atoms with Gasteiger partial charge < -0.3 is 10.3 Å². The summed E-state index contributed by atoms with van der Waals surface area (Å²) >= 11 is 4.40. The molecule has 0 fully saturated rings. The Bertz CT molecular complexity index is 871. The van der Waals surface area contributed by atoms with E-state index in [1.807, 2.05) is 24.3 Å². The van der Waals surface area contributed by atoms with Gasteiger partial charge >= 0.3 is 0 Å². The number of aromatic amines is 1. The number of fused-ring (bicyclic) bond motifs is 1. The van der Waals surface area contributed by atoms with Crippen LogP contribution >= 0.6 is 12.6 Å². The second-order valence-electron chi connectivity index (χ2n) is 5.53. The van der Waals surface area contributed by atoms with Crippen molar-refractivity contribution in [2.45, 2.75) is 17.7 Å². The first kappa shape index (κ1) is 16.3. The van der Waals surface area contributed by atoms with E-state index < -0.39 is 0 Å². The number of carbonyl (C=O) groups excluding carboxylic acids is 1. The molecule has 0 saturated heterocycles. The van der Waals surface area contributed by atoms with Gasteiger partial charge in [0, 0.05) is 29.4 Å². The van der Waals surface area contributed by atoms with Gasteiger partial charge in [0.05, 0.1) is 5.69 Å². The largest absolute Gasteiger partial charge is 0.356 e. The van der Waals surface area contributed by atoms with Crippen molar-refractivity contribution >= 4 is 29.6 Å². The van der Waals surface area contributed by atoms with E-state index in [4.69, 9.17) is 0 Å². The number of amides is 1. The highest BCUT2D eigenvalue weighted by atomic mass is 32.1. The summed E-state index contributed by atoms with van der Waals surface area (Å²) in [6.07, 6.45) is 4.38. The lowest BCUT2D eigenvalue weighted by atomic mass is 10.0. The minimum absolute atomic E-state index is 0.0147. The second kappa shape index (κ2) is 7.36. The molecule has 0 aliphatic carbocycles. The van der Waals surface area contributed by atoms with Gasteiger partial charge in [0.2, 0.25) is 5.91 Å². The number of pyridine rings is 1. The number of nitrogens with one attached hydrogen (secondary N) is 2. The highest BCUT2D eigenvalue weighted by Crippen LogP contribution is 2.30. The fraction of sp³-hybridized carbons (Fsp3) is 0.158. The van der Waals surface area contributed by atoms with E-state index in [2.05, 4.69) is 46.6 Å². The monoisotopic (exact) mass is 337 g/mol. The number of benzene rings is 1. The zero-order valence-electron chi connectivity index (χ0n) is 13.2. The van der Waals surface area contributed by atoms with Crippen LogP contribution in [0.3, 0.4) is 0 Å². The van der Waals surface area contributed by atoms with Gasteiger partial charge in [-0.05, 0) is 23.6 Å². The molecule has 3 aromatic rings. The van der Waals surface area contributed by atoms with Crippen molar-refractivity contribution in [3.05, 3.63) is 60.8 Å². The molecule has 0 aliphatic rings. The molecule has 0 radical (unpaired) electrons. The summed E-state index contributed by atoms with van der Waals surface area (Å²) in [6.45, 7) is 4.15. The van der Waals surface area contributed by atoms with Gasteiger partial charge in [-0.15, -0.1) is 19.2 Å². The van der Waals surface area contributed by atoms with E-state index >= 15 is 0 Å². The summed E-state index contributed by atoms with van der Waals surface area (Å²) in [5.41, 5.74) is 4.11. The highest BCUT2D eigenvalue weighted by molar-refractivity contribution is 7.80. The molecule has 0 saturated carbocycles. The van der Waals surface area contributed by atoms with Crippen molar-refractivity contribution < 1.29 is 4.79 Å². The third kappa shape index (κ3) is 3.51. The van der Waals surface area contributed by atoms with Gasteiger partial charge in [-0.25, -0.2) is 4.98 Å².